The summed E-state index contributed by atoms with van der Waals surface area (Å²) >= 11 is 1.35. The molecule has 1 amide bonds. The highest BCUT2D eigenvalue weighted by Crippen LogP contribution is 2.33. The largest absolute Gasteiger partial charge is 0.316 e. The molecule has 0 fully saturated rings. The summed E-state index contributed by atoms with van der Waals surface area (Å²) in [7, 11) is 0. The van der Waals surface area contributed by atoms with Crippen LogP contribution in [0.4, 0.5) is 5.00 Å². The van der Waals surface area contributed by atoms with Crippen molar-refractivity contribution >= 4 is 22.2 Å². The molecule has 2 aromatic rings. The summed E-state index contributed by atoms with van der Waals surface area (Å²) < 4.78 is 0. The summed E-state index contributed by atoms with van der Waals surface area (Å²) in [6, 6.07) is 9.99. The zero-order chi connectivity index (χ0) is 13.8. The fourth-order valence-electron chi connectivity index (χ4n) is 1.66. The van der Waals surface area contributed by atoms with Crippen LogP contribution in [0.2, 0.25) is 0 Å². The van der Waals surface area contributed by atoms with Crippen molar-refractivity contribution in [1.82, 2.24) is 4.98 Å². The minimum absolute atomic E-state index is 0.138. The molecule has 0 bridgehead atoms. The van der Waals surface area contributed by atoms with Crippen molar-refractivity contribution in [3.8, 4) is 17.3 Å². The second-order valence-corrected chi connectivity index (χ2v) is 5.25. The second kappa shape index (κ2) is 5.63. The van der Waals surface area contributed by atoms with Crippen LogP contribution in [-0.2, 0) is 11.2 Å². The van der Waals surface area contributed by atoms with Crippen molar-refractivity contribution in [2.45, 2.75) is 20.3 Å². The molecular formula is C14H13N3OS. The van der Waals surface area contributed by atoms with Crippen LogP contribution in [-0.4, -0.2) is 10.9 Å². The summed E-state index contributed by atoms with van der Waals surface area (Å²) in [4.78, 5) is 15.7. The monoisotopic (exact) mass is 271 g/mol. The summed E-state index contributed by atoms with van der Waals surface area (Å²) in [5, 5.41) is 12.9. The van der Waals surface area contributed by atoms with Gasteiger partial charge in [-0.2, -0.15) is 5.26 Å². The molecule has 2 rings (SSSR count). The zero-order valence-electron chi connectivity index (χ0n) is 10.7. The number of aromatic nitrogens is 1. The van der Waals surface area contributed by atoms with Gasteiger partial charge in [0.25, 0.3) is 0 Å². The number of nitriles is 1. The molecule has 1 heterocycles. The Morgan fingerprint density at radius 2 is 2.11 bits per heavy atom. The molecule has 4 nitrogen and oxygen atoms in total. The molecule has 0 aliphatic rings. The Morgan fingerprint density at radius 3 is 2.68 bits per heavy atom. The summed E-state index contributed by atoms with van der Waals surface area (Å²) in [5.41, 5.74) is 2.83. The predicted molar refractivity (Wildman–Crippen MR) is 75.9 cm³/mol. The maximum atomic E-state index is 11.2. The fraction of sp³-hybridized carbons (Fsp3) is 0.214. The molecule has 0 atom stereocenters. The molecular weight excluding hydrogens is 258 g/mol. The SMILES string of the molecule is CC(=O)Nc1sc(CC#N)nc1-c1ccc(C)cc1. The average Bonchev–Trinajstić information content (AvgIpc) is 2.72. The van der Waals surface area contributed by atoms with E-state index in [4.69, 9.17) is 5.26 Å². The smallest absolute Gasteiger partial charge is 0.221 e. The van der Waals surface area contributed by atoms with Gasteiger partial charge >= 0.3 is 0 Å². The van der Waals surface area contributed by atoms with E-state index in [9.17, 15) is 4.79 Å². The molecule has 5 heteroatoms. The molecule has 19 heavy (non-hydrogen) atoms. The topological polar surface area (TPSA) is 65.8 Å². The highest BCUT2D eigenvalue weighted by molar-refractivity contribution is 7.16. The van der Waals surface area contributed by atoms with E-state index in [-0.39, 0.29) is 12.3 Å². The van der Waals surface area contributed by atoms with Crippen LogP contribution in [0.3, 0.4) is 0 Å². The van der Waals surface area contributed by atoms with Crippen molar-refractivity contribution in [3.63, 3.8) is 0 Å². The summed E-state index contributed by atoms with van der Waals surface area (Å²) in [6.07, 6.45) is 0.253. The van der Waals surface area contributed by atoms with Gasteiger partial charge in [0.1, 0.15) is 15.7 Å². The van der Waals surface area contributed by atoms with Gasteiger partial charge in [0, 0.05) is 12.5 Å². The number of aryl methyl sites for hydroxylation is 1. The summed E-state index contributed by atoms with van der Waals surface area (Å²) in [5.74, 6) is -0.138. The molecule has 0 saturated heterocycles. The number of hydrogen-bond acceptors (Lipinski definition) is 4. The Bertz CT molecular complexity index is 638. The van der Waals surface area contributed by atoms with Crippen LogP contribution < -0.4 is 5.32 Å². The molecule has 96 valence electrons. The van der Waals surface area contributed by atoms with Gasteiger partial charge in [-0.05, 0) is 6.92 Å². The van der Waals surface area contributed by atoms with Crippen molar-refractivity contribution in [2.75, 3.05) is 5.32 Å². The van der Waals surface area contributed by atoms with E-state index in [1.807, 2.05) is 31.2 Å². The number of amides is 1. The minimum Gasteiger partial charge on any atom is -0.316 e. The lowest BCUT2D eigenvalue weighted by Crippen LogP contribution is -2.05. The number of rotatable bonds is 3. The van der Waals surface area contributed by atoms with Crippen LogP contribution in [0.5, 0.6) is 0 Å². The van der Waals surface area contributed by atoms with Gasteiger partial charge in [-0.15, -0.1) is 0 Å². The third kappa shape index (κ3) is 3.18. The van der Waals surface area contributed by atoms with Crippen LogP contribution in [0, 0.1) is 18.3 Å². The molecule has 1 aromatic carbocycles. The van der Waals surface area contributed by atoms with E-state index in [1.165, 1.54) is 18.3 Å². The number of nitrogens with one attached hydrogen (secondary N) is 1. The molecule has 0 aliphatic carbocycles. The minimum atomic E-state index is -0.138. The van der Waals surface area contributed by atoms with Gasteiger partial charge in [-0.3, -0.25) is 4.79 Å². The fourth-order valence-corrected chi connectivity index (χ4v) is 2.62. The van der Waals surface area contributed by atoms with Crippen LogP contribution in [0.25, 0.3) is 11.3 Å². The van der Waals surface area contributed by atoms with Gasteiger partial charge in [0.15, 0.2) is 0 Å². The Labute approximate surface area is 115 Å². The Balaban J connectivity index is 2.44. The van der Waals surface area contributed by atoms with Crippen molar-refractivity contribution in [1.29, 1.82) is 5.26 Å². The highest BCUT2D eigenvalue weighted by Gasteiger charge is 2.13. The Morgan fingerprint density at radius 1 is 1.42 bits per heavy atom. The number of carbonyl (C=O) groups is 1. The van der Waals surface area contributed by atoms with E-state index in [2.05, 4.69) is 16.4 Å². The lowest BCUT2D eigenvalue weighted by atomic mass is 10.1. The van der Waals surface area contributed by atoms with Gasteiger partial charge < -0.3 is 5.32 Å². The number of nitrogens with zero attached hydrogens (tertiary/aromatic N) is 2. The first kappa shape index (κ1) is 13.2. The van der Waals surface area contributed by atoms with E-state index in [0.29, 0.717) is 10.0 Å². The van der Waals surface area contributed by atoms with Gasteiger partial charge in [-0.1, -0.05) is 41.2 Å². The molecule has 0 unspecified atom stereocenters. The Kier molecular flexibility index (Phi) is 3.93. The van der Waals surface area contributed by atoms with Crippen molar-refractivity contribution in [3.05, 3.63) is 34.8 Å². The van der Waals surface area contributed by atoms with Crippen LogP contribution >= 0.6 is 11.3 Å². The molecule has 0 aliphatic heterocycles. The van der Waals surface area contributed by atoms with E-state index < -0.39 is 0 Å². The lowest BCUT2D eigenvalue weighted by Gasteiger charge is -2.03. The van der Waals surface area contributed by atoms with E-state index >= 15 is 0 Å². The van der Waals surface area contributed by atoms with Crippen LogP contribution in [0.15, 0.2) is 24.3 Å². The molecule has 1 aromatic heterocycles. The quantitative estimate of drug-likeness (QED) is 0.932. The van der Waals surface area contributed by atoms with Gasteiger partial charge in [-0.25, -0.2) is 4.98 Å². The molecule has 1 N–H and O–H groups in total. The first-order valence-electron chi connectivity index (χ1n) is 5.81. The molecule has 0 saturated carbocycles. The number of anilines is 1. The first-order valence-corrected chi connectivity index (χ1v) is 6.63. The third-order valence-corrected chi connectivity index (χ3v) is 3.49. The number of benzene rings is 1. The predicted octanol–water partition coefficient (Wildman–Crippen LogP) is 3.14. The third-order valence-electron chi connectivity index (χ3n) is 2.52. The van der Waals surface area contributed by atoms with Crippen LogP contribution in [0.1, 0.15) is 17.5 Å². The van der Waals surface area contributed by atoms with Gasteiger partial charge in [0.05, 0.1) is 12.5 Å². The second-order valence-electron chi connectivity index (χ2n) is 4.17. The maximum absolute atomic E-state index is 11.2. The number of hydrogen-bond donors (Lipinski definition) is 1. The van der Waals surface area contributed by atoms with E-state index in [1.54, 1.807) is 0 Å². The standard InChI is InChI=1S/C14H13N3OS/c1-9-3-5-11(6-4-9)13-14(16-10(2)18)19-12(17-13)7-8-15/h3-6H,7H2,1-2H3,(H,16,18). The van der Waals surface area contributed by atoms with E-state index in [0.717, 1.165) is 16.8 Å². The number of carbonyl (C=O) groups excluding carboxylic acids is 1. The zero-order valence-corrected chi connectivity index (χ0v) is 11.5. The van der Waals surface area contributed by atoms with Crippen molar-refractivity contribution < 1.29 is 4.79 Å². The maximum Gasteiger partial charge on any atom is 0.221 e. The lowest BCUT2D eigenvalue weighted by molar-refractivity contribution is -0.114. The summed E-state index contributed by atoms with van der Waals surface area (Å²) in [6.45, 7) is 3.48. The van der Waals surface area contributed by atoms with Gasteiger partial charge in [0.2, 0.25) is 5.91 Å². The highest BCUT2D eigenvalue weighted by atomic mass is 32.1. The first-order chi connectivity index (χ1) is 9.10. The Hall–Kier alpha value is -2.19. The number of thiazole rings is 1. The molecule has 0 radical (unpaired) electrons. The van der Waals surface area contributed by atoms with Crippen molar-refractivity contribution in [2.24, 2.45) is 0 Å². The normalized spacial score (nSPS) is 9.95. The molecule has 0 spiro atoms. The average molecular weight is 271 g/mol.